The standard InChI is InChI=1S/C22H17NOSe/c1-24-17-12-13-20-19(14-17)22(25-18-10-6-3-7-11-18)15-21(23-20)16-8-4-2-5-9-16/h2-15H,1H3. The van der Waals surface area contributed by atoms with Crippen molar-refractivity contribution in [1.29, 1.82) is 0 Å². The minimum absolute atomic E-state index is 0.207. The first kappa shape index (κ1) is 15.9. The number of pyridine rings is 1. The number of rotatable bonds is 4. The number of nitrogens with zero attached hydrogens (tertiary/aromatic N) is 1. The molecular formula is C22H17NOSe. The van der Waals surface area contributed by atoms with E-state index in [1.807, 2.05) is 18.2 Å². The summed E-state index contributed by atoms with van der Waals surface area (Å²) in [4.78, 5) is 4.88. The second-order valence-electron chi connectivity index (χ2n) is 5.67. The molecule has 0 atom stereocenters. The van der Waals surface area contributed by atoms with Crippen LogP contribution in [0.3, 0.4) is 0 Å². The van der Waals surface area contributed by atoms with Crippen molar-refractivity contribution < 1.29 is 4.74 Å². The maximum absolute atomic E-state index is 5.42. The number of hydrogen-bond donors (Lipinski definition) is 0. The number of methoxy groups -OCH3 is 1. The molecule has 4 rings (SSSR count). The van der Waals surface area contributed by atoms with Crippen molar-refractivity contribution in [3.63, 3.8) is 0 Å². The van der Waals surface area contributed by atoms with E-state index in [0.717, 1.165) is 22.5 Å². The molecule has 3 heteroatoms. The normalized spacial score (nSPS) is 10.8. The van der Waals surface area contributed by atoms with Crippen molar-refractivity contribution in [3.05, 3.63) is 84.9 Å². The molecular weight excluding hydrogens is 373 g/mol. The Morgan fingerprint density at radius 1 is 0.800 bits per heavy atom. The topological polar surface area (TPSA) is 22.1 Å². The Hall–Kier alpha value is -2.61. The van der Waals surface area contributed by atoms with Gasteiger partial charge in [0.15, 0.2) is 0 Å². The van der Waals surface area contributed by atoms with E-state index in [0.29, 0.717) is 0 Å². The number of ether oxygens (including phenoxy) is 1. The fraction of sp³-hybridized carbons (Fsp3) is 0.0455. The molecule has 0 aliphatic heterocycles. The molecule has 0 aliphatic rings. The van der Waals surface area contributed by atoms with Gasteiger partial charge < -0.3 is 0 Å². The molecule has 1 heterocycles. The molecule has 0 radical (unpaired) electrons. The van der Waals surface area contributed by atoms with E-state index in [9.17, 15) is 0 Å². The molecule has 122 valence electrons. The van der Waals surface area contributed by atoms with Gasteiger partial charge in [-0.05, 0) is 0 Å². The van der Waals surface area contributed by atoms with Crippen LogP contribution in [-0.2, 0) is 0 Å². The Bertz CT molecular complexity index is 1000. The summed E-state index contributed by atoms with van der Waals surface area (Å²) >= 11 is 0.207. The summed E-state index contributed by atoms with van der Waals surface area (Å²) in [5.74, 6) is 0.867. The fourth-order valence-corrected chi connectivity index (χ4v) is 4.84. The zero-order chi connectivity index (χ0) is 17.1. The van der Waals surface area contributed by atoms with Crippen LogP contribution in [0, 0.1) is 0 Å². The third-order valence-electron chi connectivity index (χ3n) is 4.02. The summed E-state index contributed by atoms with van der Waals surface area (Å²) in [6, 6.07) is 29.3. The van der Waals surface area contributed by atoms with Crippen molar-refractivity contribution >= 4 is 34.8 Å². The zero-order valence-electron chi connectivity index (χ0n) is 13.8. The predicted molar refractivity (Wildman–Crippen MR) is 105 cm³/mol. The summed E-state index contributed by atoms with van der Waals surface area (Å²) in [5, 5.41) is 1.17. The van der Waals surface area contributed by atoms with Crippen molar-refractivity contribution in [2.75, 3.05) is 7.11 Å². The van der Waals surface area contributed by atoms with Gasteiger partial charge in [-0.2, -0.15) is 0 Å². The van der Waals surface area contributed by atoms with Gasteiger partial charge in [-0.15, -0.1) is 0 Å². The predicted octanol–water partition coefficient (Wildman–Crippen LogP) is 3.57. The van der Waals surface area contributed by atoms with Crippen LogP contribution in [-0.4, -0.2) is 27.1 Å². The molecule has 0 fully saturated rings. The molecule has 3 aromatic carbocycles. The molecule has 0 bridgehead atoms. The second-order valence-corrected chi connectivity index (χ2v) is 8.01. The van der Waals surface area contributed by atoms with E-state index in [1.165, 1.54) is 14.3 Å². The Kier molecular flexibility index (Phi) is 4.51. The summed E-state index contributed by atoms with van der Waals surface area (Å²) in [7, 11) is 1.70. The van der Waals surface area contributed by atoms with Crippen LogP contribution in [0.1, 0.15) is 0 Å². The van der Waals surface area contributed by atoms with Crippen LogP contribution in [0.5, 0.6) is 5.75 Å². The number of aromatic nitrogens is 1. The van der Waals surface area contributed by atoms with Crippen molar-refractivity contribution in [3.8, 4) is 17.0 Å². The van der Waals surface area contributed by atoms with Gasteiger partial charge in [-0.1, -0.05) is 0 Å². The summed E-state index contributed by atoms with van der Waals surface area (Å²) in [6.45, 7) is 0. The van der Waals surface area contributed by atoms with Gasteiger partial charge in [0.2, 0.25) is 0 Å². The van der Waals surface area contributed by atoms with Gasteiger partial charge in [0, 0.05) is 0 Å². The Balaban J connectivity index is 1.89. The molecule has 4 aromatic rings. The van der Waals surface area contributed by atoms with E-state index in [1.54, 1.807) is 7.11 Å². The summed E-state index contributed by atoms with van der Waals surface area (Å²) in [6.07, 6.45) is 0. The van der Waals surface area contributed by atoms with Crippen LogP contribution in [0.15, 0.2) is 84.9 Å². The van der Waals surface area contributed by atoms with Crippen LogP contribution in [0.25, 0.3) is 22.2 Å². The van der Waals surface area contributed by atoms with E-state index in [2.05, 4.69) is 66.7 Å². The van der Waals surface area contributed by atoms with E-state index in [-0.39, 0.29) is 15.0 Å². The van der Waals surface area contributed by atoms with Gasteiger partial charge in [0.05, 0.1) is 0 Å². The molecule has 1 aromatic heterocycles. The van der Waals surface area contributed by atoms with Crippen molar-refractivity contribution in [2.45, 2.75) is 0 Å². The Morgan fingerprint density at radius 2 is 1.52 bits per heavy atom. The average molecular weight is 390 g/mol. The van der Waals surface area contributed by atoms with Crippen LogP contribution >= 0.6 is 0 Å². The molecule has 0 saturated carbocycles. The van der Waals surface area contributed by atoms with Crippen LogP contribution in [0.4, 0.5) is 0 Å². The molecule has 2 nitrogen and oxygen atoms in total. The van der Waals surface area contributed by atoms with Crippen LogP contribution in [0.2, 0.25) is 0 Å². The van der Waals surface area contributed by atoms with Gasteiger partial charge >= 0.3 is 154 Å². The maximum atomic E-state index is 5.42. The van der Waals surface area contributed by atoms with E-state index >= 15 is 0 Å². The van der Waals surface area contributed by atoms with Gasteiger partial charge in [0.25, 0.3) is 0 Å². The van der Waals surface area contributed by atoms with E-state index < -0.39 is 0 Å². The Labute approximate surface area is 153 Å². The molecule has 0 aliphatic carbocycles. The first-order valence-electron chi connectivity index (χ1n) is 8.10. The zero-order valence-corrected chi connectivity index (χ0v) is 15.6. The summed E-state index contributed by atoms with van der Waals surface area (Å²) in [5.41, 5.74) is 3.17. The quantitative estimate of drug-likeness (QED) is 0.497. The molecule has 0 unspecified atom stereocenters. The molecule has 0 spiro atoms. The first-order chi connectivity index (χ1) is 12.3. The number of hydrogen-bond acceptors (Lipinski definition) is 2. The van der Waals surface area contributed by atoms with Gasteiger partial charge in [-0.25, -0.2) is 0 Å². The second kappa shape index (κ2) is 7.10. The van der Waals surface area contributed by atoms with E-state index in [4.69, 9.17) is 9.72 Å². The molecule has 0 N–H and O–H groups in total. The average Bonchev–Trinajstić information content (AvgIpc) is 2.69. The minimum atomic E-state index is 0.207. The third-order valence-corrected chi connectivity index (χ3v) is 6.25. The van der Waals surface area contributed by atoms with Gasteiger partial charge in [0.1, 0.15) is 0 Å². The molecule has 25 heavy (non-hydrogen) atoms. The number of fused-ring (bicyclic) bond motifs is 1. The molecule has 0 saturated heterocycles. The number of benzene rings is 3. The first-order valence-corrected chi connectivity index (χ1v) is 9.82. The third kappa shape index (κ3) is 3.43. The fourth-order valence-electron chi connectivity index (χ4n) is 2.76. The summed E-state index contributed by atoms with van der Waals surface area (Å²) < 4.78 is 8.09. The Morgan fingerprint density at radius 3 is 2.24 bits per heavy atom. The van der Waals surface area contributed by atoms with Crippen molar-refractivity contribution in [2.24, 2.45) is 0 Å². The van der Waals surface area contributed by atoms with Gasteiger partial charge in [-0.3, -0.25) is 0 Å². The monoisotopic (exact) mass is 391 g/mol. The SMILES string of the molecule is COc1ccc2nc(-c3ccccc3)cc([Se]c3ccccc3)c2c1. The van der Waals surface area contributed by atoms with Crippen LogP contribution < -0.4 is 13.7 Å². The van der Waals surface area contributed by atoms with Crippen molar-refractivity contribution in [1.82, 2.24) is 4.98 Å². The molecule has 0 amide bonds.